The number of nitrogens with zero attached hydrogens (tertiary/aromatic N) is 1. The molecule has 1 N–H and O–H groups in total. The molecule has 0 aromatic heterocycles. The fourth-order valence-corrected chi connectivity index (χ4v) is 5.70. The highest BCUT2D eigenvalue weighted by Crippen LogP contribution is 2.39. The highest BCUT2D eigenvalue weighted by Gasteiger charge is 2.43. The molecule has 98 valence electrons. The normalized spacial score (nSPS) is 39.4. The summed E-state index contributed by atoms with van der Waals surface area (Å²) in [6, 6.07) is 0. The molecule has 0 bridgehead atoms. The molecular formula is C12H22N2O2S. The van der Waals surface area contributed by atoms with Crippen LogP contribution in [0.1, 0.15) is 32.1 Å². The van der Waals surface area contributed by atoms with Crippen molar-refractivity contribution < 1.29 is 8.42 Å². The van der Waals surface area contributed by atoms with Gasteiger partial charge in [0.15, 0.2) is 0 Å². The quantitative estimate of drug-likeness (QED) is 0.797. The maximum Gasteiger partial charge on any atom is 0.218 e. The van der Waals surface area contributed by atoms with Crippen LogP contribution in [-0.4, -0.2) is 44.2 Å². The molecular weight excluding hydrogens is 236 g/mol. The lowest BCUT2D eigenvalue weighted by Crippen LogP contribution is -2.45. The van der Waals surface area contributed by atoms with E-state index in [2.05, 4.69) is 5.32 Å². The van der Waals surface area contributed by atoms with Crippen LogP contribution in [-0.2, 0) is 10.0 Å². The molecule has 3 aliphatic rings. The van der Waals surface area contributed by atoms with E-state index in [0.29, 0.717) is 18.4 Å². The lowest BCUT2D eigenvalue weighted by atomic mass is 10.0. The monoisotopic (exact) mass is 258 g/mol. The van der Waals surface area contributed by atoms with Crippen LogP contribution in [0.15, 0.2) is 0 Å². The van der Waals surface area contributed by atoms with E-state index in [0.717, 1.165) is 32.5 Å². The van der Waals surface area contributed by atoms with Gasteiger partial charge in [-0.05, 0) is 44.1 Å². The van der Waals surface area contributed by atoms with Gasteiger partial charge in [0.25, 0.3) is 0 Å². The van der Waals surface area contributed by atoms with Crippen molar-refractivity contribution in [2.45, 2.75) is 37.4 Å². The molecule has 0 amide bonds. The van der Waals surface area contributed by atoms with E-state index in [4.69, 9.17) is 0 Å². The van der Waals surface area contributed by atoms with Crippen molar-refractivity contribution in [1.29, 1.82) is 0 Å². The van der Waals surface area contributed by atoms with Gasteiger partial charge in [-0.25, -0.2) is 12.7 Å². The van der Waals surface area contributed by atoms with Crippen LogP contribution in [0.3, 0.4) is 0 Å². The molecule has 2 saturated heterocycles. The van der Waals surface area contributed by atoms with Crippen LogP contribution in [0, 0.1) is 11.8 Å². The van der Waals surface area contributed by atoms with E-state index in [1.165, 1.54) is 19.3 Å². The third-order valence-corrected chi connectivity index (χ3v) is 6.99. The van der Waals surface area contributed by atoms with Gasteiger partial charge in [-0.2, -0.15) is 0 Å². The standard InChI is InChI=1S/C12H22N2O2S/c15-17(16,12-5-2-6-13-7-12)14-8-10-3-1-4-11(10)9-14/h10-13H,1-9H2. The summed E-state index contributed by atoms with van der Waals surface area (Å²) in [4.78, 5) is 0. The van der Waals surface area contributed by atoms with E-state index in [-0.39, 0.29) is 5.25 Å². The molecule has 3 atom stereocenters. The van der Waals surface area contributed by atoms with Crippen LogP contribution in [0.4, 0.5) is 0 Å². The van der Waals surface area contributed by atoms with Crippen molar-refractivity contribution in [3.63, 3.8) is 0 Å². The lowest BCUT2D eigenvalue weighted by molar-refractivity contribution is 0.416. The zero-order valence-electron chi connectivity index (χ0n) is 10.3. The van der Waals surface area contributed by atoms with Crippen LogP contribution >= 0.6 is 0 Å². The summed E-state index contributed by atoms with van der Waals surface area (Å²) >= 11 is 0. The minimum absolute atomic E-state index is 0.171. The number of fused-ring (bicyclic) bond motifs is 1. The van der Waals surface area contributed by atoms with E-state index in [1.54, 1.807) is 4.31 Å². The average Bonchev–Trinajstić information content (AvgIpc) is 2.90. The molecule has 5 heteroatoms. The predicted octanol–water partition coefficient (Wildman–Crippen LogP) is 0.800. The maximum absolute atomic E-state index is 12.5. The van der Waals surface area contributed by atoms with Crippen molar-refractivity contribution in [3.8, 4) is 0 Å². The summed E-state index contributed by atoms with van der Waals surface area (Å²) in [7, 11) is -3.03. The van der Waals surface area contributed by atoms with E-state index in [9.17, 15) is 8.42 Å². The molecule has 1 saturated carbocycles. The van der Waals surface area contributed by atoms with Crippen LogP contribution < -0.4 is 5.32 Å². The number of hydrogen-bond acceptors (Lipinski definition) is 3. The van der Waals surface area contributed by atoms with Gasteiger partial charge in [0.2, 0.25) is 10.0 Å². The smallest absolute Gasteiger partial charge is 0.218 e. The van der Waals surface area contributed by atoms with Crippen molar-refractivity contribution in [2.24, 2.45) is 11.8 Å². The number of rotatable bonds is 2. The van der Waals surface area contributed by atoms with Gasteiger partial charge in [-0.3, -0.25) is 0 Å². The van der Waals surface area contributed by atoms with Crippen LogP contribution in [0.2, 0.25) is 0 Å². The number of piperidine rings is 1. The summed E-state index contributed by atoms with van der Waals surface area (Å²) < 4.78 is 26.8. The zero-order valence-corrected chi connectivity index (χ0v) is 11.1. The number of sulfonamides is 1. The second-order valence-corrected chi connectivity index (χ2v) is 7.99. The van der Waals surface area contributed by atoms with Crippen molar-refractivity contribution >= 4 is 10.0 Å². The molecule has 4 nitrogen and oxygen atoms in total. The van der Waals surface area contributed by atoms with Crippen LogP contribution in [0.5, 0.6) is 0 Å². The van der Waals surface area contributed by atoms with Gasteiger partial charge < -0.3 is 5.32 Å². The minimum atomic E-state index is -3.03. The van der Waals surface area contributed by atoms with Gasteiger partial charge in [0, 0.05) is 19.6 Å². The molecule has 1 aliphatic carbocycles. The Balaban J connectivity index is 1.70. The molecule has 0 radical (unpaired) electrons. The Hall–Kier alpha value is -0.130. The zero-order chi connectivity index (χ0) is 11.9. The summed E-state index contributed by atoms with van der Waals surface area (Å²) in [5, 5.41) is 3.04. The highest BCUT2D eigenvalue weighted by molar-refractivity contribution is 7.89. The van der Waals surface area contributed by atoms with Gasteiger partial charge in [0.05, 0.1) is 5.25 Å². The Morgan fingerprint density at radius 3 is 2.29 bits per heavy atom. The fourth-order valence-electron chi connectivity index (χ4n) is 3.68. The Labute approximate surface area is 104 Å². The SMILES string of the molecule is O=S(=O)(C1CCCNC1)N1CC2CCCC2C1. The number of nitrogens with one attached hydrogen (secondary N) is 1. The molecule has 3 fully saturated rings. The van der Waals surface area contributed by atoms with Gasteiger partial charge in [0.1, 0.15) is 0 Å². The molecule has 2 aliphatic heterocycles. The Morgan fingerprint density at radius 1 is 1.00 bits per heavy atom. The van der Waals surface area contributed by atoms with Crippen molar-refractivity contribution in [1.82, 2.24) is 9.62 Å². The largest absolute Gasteiger partial charge is 0.315 e. The van der Waals surface area contributed by atoms with Crippen molar-refractivity contribution in [3.05, 3.63) is 0 Å². The minimum Gasteiger partial charge on any atom is -0.315 e. The van der Waals surface area contributed by atoms with E-state index < -0.39 is 10.0 Å². The molecule has 0 aromatic carbocycles. The second-order valence-electron chi connectivity index (χ2n) is 5.78. The topological polar surface area (TPSA) is 49.4 Å². The third-order valence-electron chi connectivity index (χ3n) is 4.73. The lowest BCUT2D eigenvalue weighted by Gasteiger charge is -2.27. The van der Waals surface area contributed by atoms with Crippen LogP contribution in [0.25, 0.3) is 0 Å². The summed E-state index contributed by atoms with van der Waals surface area (Å²) in [5.74, 6) is 1.31. The Kier molecular flexibility index (Phi) is 3.17. The first-order valence-electron chi connectivity index (χ1n) is 6.87. The van der Waals surface area contributed by atoms with Crippen molar-refractivity contribution in [2.75, 3.05) is 26.2 Å². The molecule has 3 rings (SSSR count). The van der Waals surface area contributed by atoms with E-state index in [1.807, 2.05) is 0 Å². The summed E-state index contributed by atoms with van der Waals surface area (Å²) in [6.45, 7) is 3.21. The molecule has 0 spiro atoms. The molecule has 3 unspecified atom stereocenters. The first-order valence-corrected chi connectivity index (χ1v) is 8.38. The summed E-state index contributed by atoms with van der Waals surface area (Å²) in [5.41, 5.74) is 0. The second kappa shape index (κ2) is 4.52. The van der Waals surface area contributed by atoms with Gasteiger partial charge in [-0.15, -0.1) is 0 Å². The average molecular weight is 258 g/mol. The van der Waals surface area contributed by atoms with Gasteiger partial charge in [-0.1, -0.05) is 6.42 Å². The fraction of sp³-hybridized carbons (Fsp3) is 1.00. The van der Waals surface area contributed by atoms with E-state index >= 15 is 0 Å². The first kappa shape index (κ1) is 11.9. The Morgan fingerprint density at radius 2 is 1.71 bits per heavy atom. The molecule has 17 heavy (non-hydrogen) atoms. The summed E-state index contributed by atoms with van der Waals surface area (Å²) in [6.07, 6.45) is 5.60. The number of hydrogen-bond donors (Lipinski definition) is 1. The van der Waals surface area contributed by atoms with Gasteiger partial charge >= 0.3 is 0 Å². The molecule has 0 aromatic rings. The Bertz CT molecular complexity index is 364. The first-order chi connectivity index (χ1) is 8.18. The maximum atomic E-state index is 12.5. The third kappa shape index (κ3) is 2.13. The predicted molar refractivity (Wildman–Crippen MR) is 67.2 cm³/mol. The molecule has 2 heterocycles. The highest BCUT2D eigenvalue weighted by atomic mass is 32.2.